The Kier molecular flexibility index (Phi) is 6.92. The molecule has 0 atom stereocenters. The van der Waals surface area contributed by atoms with E-state index in [-0.39, 0.29) is 0 Å². The van der Waals surface area contributed by atoms with Gasteiger partial charge in [0.05, 0.1) is 0 Å². The zero-order valence-corrected chi connectivity index (χ0v) is 10.6. The summed E-state index contributed by atoms with van der Waals surface area (Å²) in [7, 11) is 9.90. The molecule has 0 heterocycles. The van der Waals surface area contributed by atoms with Crippen LogP contribution in [0.15, 0.2) is 18.2 Å². The van der Waals surface area contributed by atoms with E-state index in [2.05, 4.69) is 6.92 Å². The van der Waals surface area contributed by atoms with E-state index in [4.69, 9.17) is 19.4 Å². The molecule has 1 radical (unpaired) electrons. The molecular weight excluding hydrogens is 258 g/mol. The SMILES string of the molecule is [CH2]c1ccc(F)c(F)c1.[Cl][Zn][Cl]. The Morgan fingerprint density at radius 3 is 2.00 bits per heavy atom. The van der Waals surface area contributed by atoms with Gasteiger partial charge in [-0.3, -0.25) is 0 Å². The van der Waals surface area contributed by atoms with Crippen LogP contribution in [0.25, 0.3) is 0 Å². The van der Waals surface area contributed by atoms with Gasteiger partial charge < -0.3 is 0 Å². The molecule has 0 unspecified atom stereocenters. The van der Waals surface area contributed by atoms with Crippen molar-refractivity contribution in [2.24, 2.45) is 0 Å². The average molecular weight is 263 g/mol. The monoisotopic (exact) mass is 261 g/mol. The van der Waals surface area contributed by atoms with Crippen LogP contribution in [0.1, 0.15) is 5.56 Å². The molecule has 0 saturated carbocycles. The number of halogens is 4. The molecule has 1 rings (SSSR count). The minimum atomic E-state index is -0.931. The van der Waals surface area contributed by atoms with Gasteiger partial charge >= 0.3 is 34.5 Å². The number of benzene rings is 1. The van der Waals surface area contributed by atoms with E-state index in [9.17, 15) is 8.78 Å². The molecular formula is C7H5Cl2F2Zn. The van der Waals surface area contributed by atoms with Crippen LogP contribution < -0.4 is 0 Å². The second-order valence-electron chi connectivity index (χ2n) is 1.85. The van der Waals surface area contributed by atoms with Crippen molar-refractivity contribution >= 4 is 19.4 Å². The predicted molar refractivity (Wildman–Crippen MR) is 42.5 cm³/mol. The third-order valence-corrected chi connectivity index (χ3v) is 0.984. The molecule has 0 spiro atoms. The Balaban J connectivity index is 0.000000354. The van der Waals surface area contributed by atoms with Crippen molar-refractivity contribution in [1.29, 1.82) is 0 Å². The minimum absolute atomic E-state index is 0.480. The fourth-order valence-electron chi connectivity index (χ4n) is 0.540. The van der Waals surface area contributed by atoms with Crippen LogP contribution in [0.5, 0.6) is 0 Å². The molecule has 0 bridgehead atoms. The predicted octanol–water partition coefficient (Wildman–Crippen LogP) is 3.52. The van der Waals surface area contributed by atoms with E-state index in [1.54, 1.807) is 0 Å². The molecule has 12 heavy (non-hydrogen) atoms. The number of rotatable bonds is 0. The summed E-state index contributed by atoms with van der Waals surface area (Å²) >= 11 is -0.931. The van der Waals surface area contributed by atoms with Crippen LogP contribution in [0.2, 0.25) is 0 Å². The fraction of sp³-hybridized carbons (Fsp3) is 0. The van der Waals surface area contributed by atoms with E-state index < -0.39 is 26.8 Å². The maximum absolute atomic E-state index is 12.2. The van der Waals surface area contributed by atoms with Gasteiger partial charge in [0.25, 0.3) is 0 Å². The Morgan fingerprint density at radius 1 is 1.17 bits per heavy atom. The Labute approximate surface area is 85.6 Å². The van der Waals surface area contributed by atoms with E-state index in [0.717, 1.165) is 12.1 Å². The molecule has 1 aromatic rings. The van der Waals surface area contributed by atoms with E-state index in [1.165, 1.54) is 6.07 Å². The van der Waals surface area contributed by atoms with Gasteiger partial charge in [-0.1, -0.05) is 6.07 Å². The van der Waals surface area contributed by atoms with Gasteiger partial charge in [0.15, 0.2) is 11.6 Å². The van der Waals surface area contributed by atoms with Crippen LogP contribution in [0.3, 0.4) is 0 Å². The van der Waals surface area contributed by atoms with Crippen molar-refractivity contribution in [1.82, 2.24) is 0 Å². The van der Waals surface area contributed by atoms with Crippen molar-refractivity contribution < 1.29 is 23.9 Å². The second-order valence-corrected chi connectivity index (χ2v) is 6.47. The Morgan fingerprint density at radius 2 is 1.67 bits per heavy atom. The van der Waals surface area contributed by atoms with Crippen LogP contribution in [-0.2, 0) is 15.1 Å². The summed E-state index contributed by atoms with van der Waals surface area (Å²) in [6.45, 7) is 3.42. The van der Waals surface area contributed by atoms with Crippen LogP contribution in [-0.4, -0.2) is 0 Å². The number of hydrogen-bond acceptors (Lipinski definition) is 0. The summed E-state index contributed by atoms with van der Waals surface area (Å²) in [6.07, 6.45) is 0. The molecule has 0 aromatic heterocycles. The second kappa shape index (κ2) is 6.76. The van der Waals surface area contributed by atoms with Gasteiger partial charge in [-0.2, -0.15) is 0 Å². The molecule has 5 heteroatoms. The van der Waals surface area contributed by atoms with Gasteiger partial charge in [-0.15, -0.1) is 0 Å². The molecule has 1 aromatic carbocycles. The van der Waals surface area contributed by atoms with Crippen molar-refractivity contribution in [3.05, 3.63) is 42.3 Å². The molecule has 0 aliphatic rings. The first kappa shape index (κ1) is 12.3. The van der Waals surface area contributed by atoms with E-state index >= 15 is 0 Å². The Hall–Kier alpha value is 0.283. The molecule has 0 N–H and O–H groups in total. The van der Waals surface area contributed by atoms with Gasteiger partial charge in [-0.05, 0) is 24.6 Å². The first-order valence-corrected chi connectivity index (χ1v) is 10.8. The molecule has 0 fully saturated rings. The standard InChI is InChI=1S/C7H5F2.2ClH.Zn/c1-5-2-3-6(8)7(9)4-5;;;/h2-4H,1H2;2*1H;/q;;;+2/p-2. The van der Waals surface area contributed by atoms with Crippen molar-refractivity contribution in [3.8, 4) is 0 Å². The summed E-state index contributed by atoms with van der Waals surface area (Å²) in [4.78, 5) is 0. The van der Waals surface area contributed by atoms with Gasteiger partial charge in [-0.25, -0.2) is 8.78 Å². The van der Waals surface area contributed by atoms with Crippen molar-refractivity contribution in [3.63, 3.8) is 0 Å². The summed E-state index contributed by atoms with van der Waals surface area (Å²) in [5.41, 5.74) is 0.480. The van der Waals surface area contributed by atoms with Crippen molar-refractivity contribution in [2.75, 3.05) is 0 Å². The summed E-state index contributed by atoms with van der Waals surface area (Å²) in [5, 5.41) is 0. The summed E-state index contributed by atoms with van der Waals surface area (Å²) < 4.78 is 24.3. The topological polar surface area (TPSA) is 0 Å². The van der Waals surface area contributed by atoms with E-state index in [1.807, 2.05) is 0 Å². The zero-order chi connectivity index (χ0) is 9.56. The molecule has 0 amide bonds. The van der Waals surface area contributed by atoms with Gasteiger partial charge in [0, 0.05) is 0 Å². The van der Waals surface area contributed by atoms with Crippen LogP contribution in [0, 0.1) is 18.6 Å². The van der Waals surface area contributed by atoms with Gasteiger partial charge in [0.2, 0.25) is 0 Å². The molecule has 0 saturated heterocycles. The van der Waals surface area contributed by atoms with Gasteiger partial charge in [0.1, 0.15) is 0 Å². The third-order valence-electron chi connectivity index (χ3n) is 0.984. The zero-order valence-electron chi connectivity index (χ0n) is 6.16. The molecule has 0 nitrogen and oxygen atoms in total. The summed E-state index contributed by atoms with van der Waals surface area (Å²) in [5.74, 6) is -1.68. The Bertz CT molecular complexity index is 243. The first-order valence-electron chi connectivity index (χ1n) is 3.00. The van der Waals surface area contributed by atoms with E-state index in [0.29, 0.717) is 5.56 Å². The fourth-order valence-corrected chi connectivity index (χ4v) is 0.540. The molecule has 0 aliphatic carbocycles. The van der Waals surface area contributed by atoms with Crippen LogP contribution >= 0.6 is 19.4 Å². The molecule has 63 valence electrons. The average Bonchev–Trinajstić information content (AvgIpc) is 1.99. The normalized spacial score (nSPS) is 8.08. The summed E-state index contributed by atoms with van der Waals surface area (Å²) in [6, 6.07) is 3.52. The molecule has 0 aliphatic heterocycles. The number of hydrogen-bond donors (Lipinski definition) is 0. The quantitative estimate of drug-likeness (QED) is 0.628. The maximum atomic E-state index is 12.2. The third kappa shape index (κ3) is 5.02. The van der Waals surface area contributed by atoms with Crippen molar-refractivity contribution in [2.45, 2.75) is 0 Å². The van der Waals surface area contributed by atoms with Crippen LogP contribution in [0.4, 0.5) is 8.78 Å². The first-order chi connectivity index (χ1) is 5.61.